The van der Waals surface area contributed by atoms with E-state index in [9.17, 15) is 4.79 Å². The van der Waals surface area contributed by atoms with E-state index in [0.29, 0.717) is 5.70 Å². The number of rotatable bonds is 5. The van der Waals surface area contributed by atoms with Crippen molar-refractivity contribution in [3.63, 3.8) is 0 Å². The SMILES string of the molecule is C=C(C)NOCCC(=O)O. The van der Waals surface area contributed by atoms with Gasteiger partial charge in [0.1, 0.15) is 0 Å². The van der Waals surface area contributed by atoms with E-state index < -0.39 is 5.97 Å². The molecule has 0 saturated heterocycles. The summed E-state index contributed by atoms with van der Waals surface area (Å²) >= 11 is 0. The number of nitrogens with one attached hydrogen (secondary N) is 1. The van der Waals surface area contributed by atoms with Crippen LogP contribution in [0.2, 0.25) is 0 Å². The largest absolute Gasteiger partial charge is 0.481 e. The molecule has 10 heavy (non-hydrogen) atoms. The molecule has 0 radical (unpaired) electrons. The summed E-state index contributed by atoms with van der Waals surface area (Å²) < 4.78 is 0. The molecule has 0 bridgehead atoms. The first-order valence-corrected chi connectivity index (χ1v) is 2.88. The summed E-state index contributed by atoms with van der Waals surface area (Å²) in [6.45, 7) is 5.37. The Hall–Kier alpha value is -1.03. The van der Waals surface area contributed by atoms with Crippen molar-refractivity contribution in [3.05, 3.63) is 12.3 Å². The van der Waals surface area contributed by atoms with Crippen molar-refractivity contribution in [2.75, 3.05) is 6.61 Å². The first-order valence-electron chi connectivity index (χ1n) is 2.88. The topological polar surface area (TPSA) is 58.6 Å². The first kappa shape index (κ1) is 8.97. The zero-order valence-corrected chi connectivity index (χ0v) is 5.89. The molecule has 0 unspecified atom stereocenters. The van der Waals surface area contributed by atoms with Gasteiger partial charge in [-0.2, -0.15) is 0 Å². The van der Waals surface area contributed by atoms with E-state index in [1.54, 1.807) is 6.92 Å². The van der Waals surface area contributed by atoms with Gasteiger partial charge in [-0.1, -0.05) is 6.58 Å². The highest BCUT2D eigenvalue weighted by atomic mass is 16.6. The minimum absolute atomic E-state index is 0.000278. The molecular weight excluding hydrogens is 134 g/mol. The predicted molar refractivity (Wildman–Crippen MR) is 36.2 cm³/mol. The molecule has 0 rings (SSSR count). The number of carboxylic acids is 1. The second-order valence-electron chi connectivity index (χ2n) is 1.87. The standard InChI is InChI=1S/C6H11NO3/c1-5(2)7-10-4-3-6(8)9/h7H,1,3-4H2,2H3,(H,8,9). The molecule has 4 heteroatoms. The molecule has 0 aliphatic heterocycles. The highest BCUT2D eigenvalue weighted by Crippen LogP contribution is 1.82. The van der Waals surface area contributed by atoms with Crippen molar-refractivity contribution in [1.82, 2.24) is 5.48 Å². The summed E-state index contributed by atoms with van der Waals surface area (Å²) in [5.41, 5.74) is 3.10. The minimum atomic E-state index is -0.872. The quantitative estimate of drug-likeness (QED) is 0.437. The molecule has 0 atom stereocenters. The number of hydrogen-bond donors (Lipinski definition) is 2. The third-order valence-electron chi connectivity index (χ3n) is 0.664. The third kappa shape index (κ3) is 6.97. The Morgan fingerprint density at radius 2 is 2.40 bits per heavy atom. The lowest BCUT2D eigenvalue weighted by Gasteiger charge is -2.02. The molecule has 0 spiro atoms. The van der Waals surface area contributed by atoms with Crippen molar-refractivity contribution < 1.29 is 14.7 Å². The van der Waals surface area contributed by atoms with Crippen molar-refractivity contribution >= 4 is 5.97 Å². The molecule has 0 saturated carbocycles. The van der Waals surface area contributed by atoms with Crippen LogP contribution in [0, 0.1) is 0 Å². The summed E-state index contributed by atoms with van der Waals surface area (Å²) in [5, 5.41) is 8.15. The minimum Gasteiger partial charge on any atom is -0.481 e. The fourth-order valence-electron chi connectivity index (χ4n) is 0.313. The Kier molecular flexibility index (Phi) is 4.32. The maximum Gasteiger partial charge on any atom is 0.305 e. The van der Waals surface area contributed by atoms with Crippen LogP contribution >= 0.6 is 0 Å². The van der Waals surface area contributed by atoms with Gasteiger partial charge in [-0.15, -0.1) is 0 Å². The second kappa shape index (κ2) is 4.81. The van der Waals surface area contributed by atoms with Crippen LogP contribution in [0.4, 0.5) is 0 Å². The molecule has 0 aromatic heterocycles. The smallest absolute Gasteiger partial charge is 0.305 e. The van der Waals surface area contributed by atoms with Gasteiger partial charge in [0.25, 0.3) is 0 Å². The molecular formula is C6H11NO3. The van der Waals surface area contributed by atoms with Crippen LogP contribution in [-0.4, -0.2) is 17.7 Å². The molecule has 0 fully saturated rings. The van der Waals surface area contributed by atoms with Crippen molar-refractivity contribution in [2.24, 2.45) is 0 Å². The number of carbonyl (C=O) groups is 1. The summed E-state index contributed by atoms with van der Waals surface area (Å²) in [6.07, 6.45) is 0.000278. The number of carboxylic acid groups (broad SMARTS) is 1. The average molecular weight is 145 g/mol. The molecule has 0 aromatic rings. The molecule has 2 N–H and O–H groups in total. The Labute approximate surface area is 59.4 Å². The van der Waals surface area contributed by atoms with Gasteiger partial charge in [0.15, 0.2) is 0 Å². The number of allylic oxidation sites excluding steroid dienone is 1. The van der Waals surface area contributed by atoms with Gasteiger partial charge in [0.2, 0.25) is 0 Å². The van der Waals surface area contributed by atoms with Crippen LogP contribution in [0.25, 0.3) is 0 Å². The van der Waals surface area contributed by atoms with Crippen molar-refractivity contribution in [3.8, 4) is 0 Å². The Morgan fingerprint density at radius 1 is 1.80 bits per heavy atom. The summed E-state index contributed by atoms with van der Waals surface area (Å²) in [5.74, 6) is -0.872. The Morgan fingerprint density at radius 3 is 2.80 bits per heavy atom. The summed E-state index contributed by atoms with van der Waals surface area (Å²) in [6, 6.07) is 0. The fraction of sp³-hybridized carbons (Fsp3) is 0.500. The Balaban J connectivity index is 3.06. The lowest BCUT2D eigenvalue weighted by atomic mass is 10.5. The molecule has 0 aromatic carbocycles. The van der Waals surface area contributed by atoms with Gasteiger partial charge in [-0.05, 0) is 6.92 Å². The van der Waals surface area contributed by atoms with Crippen molar-refractivity contribution in [2.45, 2.75) is 13.3 Å². The van der Waals surface area contributed by atoms with E-state index in [1.165, 1.54) is 0 Å². The number of hydroxylamine groups is 1. The van der Waals surface area contributed by atoms with Crippen LogP contribution in [0.3, 0.4) is 0 Å². The van der Waals surface area contributed by atoms with Crippen LogP contribution in [0.15, 0.2) is 12.3 Å². The van der Waals surface area contributed by atoms with Crippen LogP contribution in [0.5, 0.6) is 0 Å². The lowest BCUT2D eigenvalue weighted by molar-refractivity contribution is -0.138. The average Bonchev–Trinajstić information content (AvgIpc) is 1.79. The van der Waals surface area contributed by atoms with E-state index in [0.717, 1.165) is 0 Å². The van der Waals surface area contributed by atoms with Gasteiger partial charge in [0, 0.05) is 5.70 Å². The van der Waals surface area contributed by atoms with Gasteiger partial charge >= 0.3 is 5.97 Å². The second-order valence-corrected chi connectivity index (χ2v) is 1.87. The number of hydrogen-bond acceptors (Lipinski definition) is 3. The molecule has 0 aliphatic carbocycles. The summed E-state index contributed by atoms with van der Waals surface area (Å²) in [4.78, 5) is 14.6. The van der Waals surface area contributed by atoms with E-state index in [-0.39, 0.29) is 13.0 Å². The predicted octanol–water partition coefficient (Wildman–Crippen LogP) is 0.516. The highest BCUT2D eigenvalue weighted by Gasteiger charge is 1.94. The van der Waals surface area contributed by atoms with Crippen molar-refractivity contribution in [1.29, 1.82) is 0 Å². The van der Waals surface area contributed by atoms with Crippen LogP contribution < -0.4 is 5.48 Å². The van der Waals surface area contributed by atoms with Gasteiger partial charge < -0.3 is 5.11 Å². The zero-order chi connectivity index (χ0) is 7.98. The molecule has 0 aliphatic rings. The molecule has 58 valence electrons. The van der Waals surface area contributed by atoms with E-state index in [2.05, 4.69) is 16.9 Å². The zero-order valence-electron chi connectivity index (χ0n) is 5.89. The van der Waals surface area contributed by atoms with Crippen LogP contribution in [-0.2, 0) is 9.63 Å². The third-order valence-corrected chi connectivity index (χ3v) is 0.664. The van der Waals surface area contributed by atoms with Gasteiger partial charge in [-0.3, -0.25) is 15.1 Å². The van der Waals surface area contributed by atoms with E-state index in [1.807, 2.05) is 0 Å². The molecule has 0 heterocycles. The maximum atomic E-state index is 9.91. The van der Waals surface area contributed by atoms with Gasteiger partial charge in [0.05, 0.1) is 13.0 Å². The maximum absolute atomic E-state index is 9.91. The highest BCUT2D eigenvalue weighted by molar-refractivity contribution is 5.66. The fourth-order valence-corrected chi connectivity index (χ4v) is 0.313. The summed E-state index contributed by atoms with van der Waals surface area (Å²) in [7, 11) is 0. The lowest BCUT2D eigenvalue weighted by Crippen LogP contribution is -2.14. The molecule has 4 nitrogen and oxygen atoms in total. The monoisotopic (exact) mass is 145 g/mol. The van der Waals surface area contributed by atoms with E-state index >= 15 is 0 Å². The molecule has 0 amide bonds. The van der Waals surface area contributed by atoms with Gasteiger partial charge in [-0.25, -0.2) is 0 Å². The normalized spacial score (nSPS) is 8.90. The Bertz CT molecular complexity index is 117. The number of aliphatic carboxylic acids is 1. The first-order chi connectivity index (χ1) is 4.63. The van der Waals surface area contributed by atoms with Crippen LogP contribution in [0.1, 0.15) is 13.3 Å². The van der Waals surface area contributed by atoms with E-state index in [4.69, 9.17) is 5.11 Å².